The standard InChI is InChI=1S/C27H23F3O2/c1-2-17-3-5-18(6-4-17)7-8-19-9-12-23(24(28)13-19)27(31)32-22-11-10-20-15-25(29)26(30)16-21(20)14-22/h9-18H,2-6H2,1H3. The summed E-state index contributed by atoms with van der Waals surface area (Å²) in [5.74, 6) is 3.94. The summed E-state index contributed by atoms with van der Waals surface area (Å²) in [6, 6.07) is 10.6. The molecule has 0 aliphatic heterocycles. The van der Waals surface area contributed by atoms with E-state index in [4.69, 9.17) is 4.74 Å². The molecule has 2 nitrogen and oxygen atoms in total. The molecular formula is C27H23F3O2. The molecule has 0 spiro atoms. The normalized spacial score (nSPS) is 18.1. The molecule has 164 valence electrons. The summed E-state index contributed by atoms with van der Waals surface area (Å²) in [7, 11) is 0. The Balaban J connectivity index is 1.45. The third kappa shape index (κ3) is 4.96. The number of hydrogen-bond acceptors (Lipinski definition) is 2. The quantitative estimate of drug-likeness (QED) is 0.250. The first-order valence-electron chi connectivity index (χ1n) is 10.8. The van der Waals surface area contributed by atoms with Crippen molar-refractivity contribution in [2.75, 3.05) is 0 Å². The number of ether oxygens (including phenoxy) is 1. The van der Waals surface area contributed by atoms with Gasteiger partial charge in [-0.1, -0.05) is 31.3 Å². The number of carbonyl (C=O) groups excluding carboxylic acids is 1. The third-order valence-corrected chi connectivity index (χ3v) is 6.10. The Hall–Kier alpha value is -3.26. The number of carbonyl (C=O) groups is 1. The summed E-state index contributed by atoms with van der Waals surface area (Å²) in [4.78, 5) is 12.4. The maximum Gasteiger partial charge on any atom is 0.346 e. The number of hydrogen-bond donors (Lipinski definition) is 0. The summed E-state index contributed by atoms with van der Waals surface area (Å²) in [6.07, 6.45) is 5.72. The highest BCUT2D eigenvalue weighted by molar-refractivity contribution is 5.92. The van der Waals surface area contributed by atoms with Crippen LogP contribution in [0, 0.1) is 41.1 Å². The van der Waals surface area contributed by atoms with E-state index in [0.717, 1.165) is 30.9 Å². The molecule has 0 N–H and O–H groups in total. The summed E-state index contributed by atoms with van der Waals surface area (Å²) in [5, 5.41) is 0.828. The van der Waals surface area contributed by atoms with Crippen molar-refractivity contribution < 1.29 is 22.7 Å². The van der Waals surface area contributed by atoms with Gasteiger partial charge in [0, 0.05) is 11.5 Å². The SMILES string of the molecule is CCC1CCC(C#Cc2ccc(C(=O)Oc3ccc4cc(F)c(F)cc4c3)c(F)c2)CC1. The zero-order valence-electron chi connectivity index (χ0n) is 17.8. The number of rotatable bonds is 3. The Morgan fingerprint density at radius 3 is 2.31 bits per heavy atom. The third-order valence-electron chi connectivity index (χ3n) is 6.10. The summed E-state index contributed by atoms with van der Waals surface area (Å²) < 4.78 is 46.6. The molecule has 1 saturated carbocycles. The topological polar surface area (TPSA) is 26.3 Å². The van der Waals surface area contributed by atoms with Crippen LogP contribution in [0.5, 0.6) is 5.75 Å². The van der Waals surface area contributed by atoms with E-state index in [-0.39, 0.29) is 11.3 Å². The fourth-order valence-corrected chi connectivity index (χ4v) is 4.10. The van der Waals surface area contributed by atoms with E-state index in [9.17, 15) is 18.0 Å². The molecule has 0 aromatic heterocycles. The second-order valence-corrected chi connectivity index (χ2v) is 8.25. The molecule has 3 aromatic rings. The molecule has 5 heteroatoms. The fourth-order valence-electron chi connectivity index (χ4n) is 4.10. The second-order valence-electron chi connectivity index (χ2n) is 8.25. The molecular weight excluding hydrogens is 413 g/mol. The van der Waals surface area contributed by atoms with Crippen LogP contribution >= 0.6 is 0 Å². The highest BCUT2D eigenvalue weighted by atomic mass is 19.2. The first kappa shape index (κ1) is 22.0. The van der Waals surface area contributed by atoms with Gasteiger partial charge in [-0.25, -0.2) is 18.0 Å². The lowest BCUT2D eigenvalue weighted by molar-refractivity contribution is 0.0730. The van der Waals surface area contributed by atoms with Crippen molar-refractivity contribution in [3.8, 4) is 17.6 Å². The van der Waals surface area contributed by atoms with Gasteiger partial charge in [-0.2, -0.15) is 0 Å². The fraction of sp³-hybridized carbons (Fsp3) is 0.296. The van der Waals surface area contributed by atoms with Gasteiger partial charge < -0.3 is 4.74 Å². The van der Waals surface area contributed by atoms with Gasteiger partial charge in [-0.15, -0.1) is 0 Å². The van der Waals surface area contributed by atoms with Gasteiger partial charge in [0.2, 0.25) is 0 Å². The van der Waals surface area contributed by atoms with Crippen molar-refractivity contribution in [1.82, 2.24) is 0 Å². The Morgan fingerprint density at radius 1 is 0.906 bits per heavy atom. The predicted octanol–water partition coefficient (Wildman–Crippen LogP) is 7.04. The Labute approximate surface area is 185 Å². The Morgan fingerprint density at radius 2 is 1.62 bits per heavy atom. The van der Waals surface area contributed by atoms with Crippen LogP contribution in [0.4, 0.5) is 13.2 Å². The highest BCUT2D eigenvalue weighted by Crippen LogP contribution is 2.30. The van der Waals surface area contributed by atoms with E-state index in [2.05, 4.69) is 18.8 Å². The molecule has 4 rings (SSSR count). The molecule has 0 amide bonds. The van der Waals surface area contributed by atoms with Crippen molar-refractivity contribution in [2.24, 2.45) is 11.8 Å². The smallest absolute Gasteiger partial charge is 0.346 e. The minimum atomic E-state index is -0.998. The molecule has 0 atom stereocenters. The molecule has 1 aliphatic carbocycles. The maximum atomic E-state index is 14.6. The van der Waals surface area contributed by atoms with Gasteiger partial charge in [-0.3, -0.25) is 0 Å². The summed E-state index contributed by atoms with van der Waals surface area (Å²) in [6.45, 7) is 2.22. The van der Waals surface area contributed by atoms with Gasteiger partial charge in [-0.05, 0) is 84.8 Å². The van der Waals surface area contributed by atoms with Gasteiger partial charge >= 0.3 is 5.97 Å². The molecule has 0 saturated heterocycles. The lowest BCUT2D eigenvalue weighted by Crippen LogP contribution is -2.12. The van der Waals surface area contributed by atoms with E-state index >= 15 is 0 Å². The van der Waals surface area contributed by atoms with Gasteiger partial charge in [0.15, 0.2) is 11.6 Å². The predicted molar refractivity (Wildman–Crippen MR) is 118 cm³/mol. The summed E-state index contributed by atoms with van der Waals surface area (Å²) >= 11 is 0. The minimum Gasteiger partial charge on any atom is -0.423 e. The largest absolute Gasteiger partial charge is 0.423 e. The Kier molecular flexibility index (Phi) is 6.50. The van der Waals surface area contributed by atoms with E-state index in [1.807, 2.05) is 0 Å². The van der Waals surface area contributed by atoms with Crippen molar-refractivity contribution in [2.45, 2.75) is 39.0 Å². The van der Waals surface area contributed by atoms with Crippen LogP contribution in [0.3, 0.4) is 0 Å². The first-order valence-corrected chi connectivity index (χ1v) is 10.8. The van der Waals surface area contributed by atoms with Crippen LogP contribution in [-0.4, -0.2) is 5.97 Å². The maximum absolute atomic E-state index is 14.6. The molecule has 32 heavy (non-hydrogen) atoms. The average molecular weight is 436 g/mol. The van der Waals surface area contributed by atoms with Gasteiger partial charge in [0.05, 0.1) is 5.56 Å². The van der Waals surface area contributed by atoms with Crippen molar-refractivity contribution in [3.63, 3.8) is 0 Å². The van der Waals surface area contributed by atoms with Crippen LogP contribution in [0.2, 0.25) is 0 Å². The zero-order chi connectivity index (χ0) is 22.7. The molecule has 1 aliphatic rings. The van der Waals surface area contributed by atoms with Crippen LogP contribution in [-0.2, 0) is 0 Å². The van der Waals surface area contributed by atoms with Crippen molar-refractivity contribution in [1.29, 1.82) is 0 Å². The number of esters is 1. The van der Waals surface area contributed by atoms with Gasteiger partial charge in [0.1, 0.15) is 11.6 Å². The average Bonchev–Trinajstić information content (AvgIpc) is 2.79. The van der Waals surface area contributed by atoms with Crippen molar-refractivity contribution >= 4 is 16.7 Å². The number of benzene rings is 3. The van der Waals surface area contributed by atoms with Crippen molar-refractivity contribution in [3.05, 3.63) is 77.1 Å². The zero-order valence-corrected chi connectivity index (χ0v) is 17.8. The van der Waals surface area contributed by atoms with Crippen LogP contribution in [0.1, 0.15) is 54.9 Å². The first-order chi connectivity index (χ1) is 15.4. The molecule has 0 heterocycles. The summed E-state index contributed by atoms with van der Waals surface area (Å²) in [5.41, 5.74) is 0.296. The van der Waals surface area contributed by atoms with Crippen LogP contribution in [0.25, 0.3) is 10.8 Å². The minimum absolute atomic E-state index is 0.111. The number of halogens is 3. The van der Waals surface area contributed by atoms with Crippen LogP contribution < -0.4 is 4.74 Å². The molecule has 1 fully saturated rings. The van der Waals surface area contributed by atoms with E-state index < -0.39 is 23.4 Å². The van der Waals surface area contributed by atoms with E-state index in [1.54, 1.807) is 6.07 Å². The number of fused-ring (bicyclic) bond motifs is 1. The monoisotopic (exact) mass is 436 g/mol. The van der Waals surface area contributed by atoms with Gasteiger partial charge in [0.25, 0.3) is 0 Å². The Bertz CT molecular complexity index is 1210. The molecule has 0 bridgehead atoms. The highest BCUT2D eigenvalue weighted by Gasteiger charge is 2.18. The van der Waals surface area contributed by atoms with E-state index in [0.29, 0.717) is 22.3 Å². The molecule has 3 aromatic carbocycles. The lowest BCUT2D eigenvalue weighted by atomic mass is 9.81. The second kappa shape index (κ2) is 9.48. The van der Waals surface area contributed by atoms with Crippen LogP contribution in [0.15, 0.2) is 48.5 Å². The van der Waals surface area contributed by atoms with E-state index in [1.165, 1.54) is 49.6 Å². The molecule has 0 radical (unpaired) electrons. The molecule has 0 unspecified atom stereocenters. The lowest BCUT2D eigenvalue weighted by Gasteiger charge is -2.24.